The normalized spacial score (nSPS) is 17.5. The van der Waals surface area contributed by atoms with Crippen molar-refractivity contribution in [3.63, 3.8) is 0 Å². The van der Waals surface area contributed by atoms with Crippen LogP contribution in [-0.2, 0) is 16.1 Å². The van der Waals surface area contributed by atoms with E-state index in [1.54, 1.807) is 54.4 Å². The second-order valence-corrected chi connectivity index (χ2v) is 9.86. The van der Waals surface area contributed by atoms with Gasteiger partial charge in [0.1, 0.15) is 5.25 Å². The predicted molar refractivity (Wildman–Crippen MR) is 136 cm³/mol. The smallest absolute Gasteiger partial charge is 0.262 e. The van der Waals surface area contributed by atoms with E-state index in [9.17, 15) is 14.4 Å². The number of rotatable bonds is 6. The van der Waals surface area contributed by atoms with Gasteiger partial charge in [0, 0.05) is 44.4 Å². The molecule has 9 heteroatoms. The van der Waals surface area contributed by atoms with Crippen LogP contribution in [0.4, 0.5) is 5.69 Å². The first kappa shape index (κ1) is 24.5. The summed E-state index contributed by atoms with van der Waals surface area (Å²) < 4.78 is 0. The summed E-state index contributed by atoms with van der Waals surface area (Å²) in [6.07, 6.45) is 3.45. The van der Waals surface area contributed by atoms with Gasteiger partial charge < -0.3 is 15.1 Å². The van der Waals surface area contributed by atoms with Gasteiger partial charge in [0.25, 0.3) is 11.8 Å². The number of amides is 3. The van der Waals surface area contributed by atoms with Gasteiger partial charge in [-0.2, -0.15) is 10.3 Å². The number of benzene rings is 2. The van der Waals surface area contributed by atoms with E-state index in [0.29, 0.717) is 23.4 Å². The number of thioether (sulfide) groups is 1. The number of aliphatic imine (C=N–C) groups is 1. The SMILES string of the molecule is CN(Cc1cccc(C#N)c1)C(=O)c1ccc(NC(=O)CC2SC(N3CCCCC3)=NC2=O)cc1. The van der Waals surface area contributed by atoms with E-state index in [0.717, 1.165) is 36.7 Å². The summed E-state index contributed by atoms with van der Waals surface area (Å²) in [6.45, 7) is 2.19. The summed E-state index contributed by atoms with van der Waals surface area (Å²) in [5.41, 5.74) is 2.47. The summed E-state index contributed by atoms with van der Waals surface area (Å²) in [6, 6.07) is 15.9. The fourth-order valence-electron chi connectivity index (χ4n) is 4.11. The highest BCUT2D eigenvalue weighted by Crippen LogP contribution is 2.29. The van der Waals surface area contributed by atoms with Crippen molar-refractivity contribution < 1.29 is 14.4 Å². The van der Waals surface area contributed by atoms with Crippen molar-refractivity contribution in [1.29, 1.82) is 5.26 Å². The summed E-state index contributed by atoms with van der Waals surface area (Å²) in [4.78, 5) is 45.5. The molecule has 2 heterocycles. The van der Waals surface area contributed by atoms with Crippen molar-refractivity contribution in [3.8, 4) is 6.07 Å². The number of anilines is 1. The summed E-state index contributed by atoms with van der Waals surface area (Å²) in [7, 11) is 1.70. The van der Waals surface area contributed by atoms with Crippen molar-refractivity contribution in [3.05, 3.63) is 65.2 Å². The van der Waals surface area contributed by atoms with Crippen molar-refractivity contribution in [2.24, 2.45) is 4.99 Å². The van der Waals surface area contributed by atoms with E-state index in [4.69, 9.17) is 5.26 Å². The third kappa shape index (κ3) is 6.28. The maximum absolute atomic E-state index is 12.8. The van der Waals surface area contributed by atoms with Gasteiger partial charge in [-0.3, -0.25) is 14.4 Å². The van der Waals surface area contributed by atoms with Gasteiger partial charge in [0.05, 0.1) is 11.6 Å². The second-order valence-electron chi connectivity index (χ2n) is 8.69. The van der Waals surface area contributed by atoms with Crippen molar-refractivity contribution >= 4 is 40.3 Å². The highest BCUT2D eigenvalue weighted by atomic mass is 32.2. The van der Waals surface area contributed by atoms with E-state index in [1.165, 1.54) is 18.2 Å². The molecule has 3 amide bonds. The van der Waals surface area contributed by atoms with Crippen LogP contribution in [0, 0.1) is 11.3 Å². The van der Waals surface area contributed by atoms with Crippen LogP contribution < -0.4 is 5.32 Å². The van der Waals surface area contributed by atoms with Gasteiger partial charge in [0.2, 0.25) is 5.91 Å². The van der Waals surface area contributed by atoms with Crippen LogP contribution in [0.1, 0.15) is 47.2 Å². The van der Waals surface area contributed by atoms with Gasteiger partial charge in [-0.1, -0.05) is 23.9 Å². The summed E-state index contributed by atoms with van der Waals surface area (Å²) >= 11 is 1.37. The van der Waals surface area contributed by atoms with Gasteiger partial charge in [-0.05, 0) is 61.2 Å². The lowest BCUT2D eigenvalue weighted by molar-refractivity contribution is -0.121. The molecule has 1 N–H and O–H groups in total. The van der Waals surface area contributed by atoms with E-state index >= 15 is 0 Å². The fraction of sp³-hybridized carbons (Fsp3) is 0.346. The first-order valence-corrected chi connectivity index (χ1v) is 12.5. The number of amidine groups is 1. The molecule has 2 aliphatic heterocycles. The number of hydrogen-bond donors (Lipinski definition) is 1. The van der Waals surface area contributed by atoms with Crippen LogP contribution in [0.15, 0.2) is 53.5 Å². The van der Waals surface area contributed by atoms with Gasteiger partial charge in [-0.25, -0.2) is 0 Å². The molecule has 0 aliphatic carbocycles. The van der Waals surface area contributed by atoms with Crippen LogP contribution in [-0.4, -0.2) is 58.1 Å². The quantitative estimate of drug-likeness (QED) is 0.664. The molecule has 1 atom stereocenters. The number of likely N-dealkylation sites (tertiary alicyclic amines) is 1. The molecule has 180 valence electrons. The van der Waals surface area contributed by atoms with Crippen LogP contribution in [0.5, 0.6) is 0 Å². The Hall–Kier alpha value is -3.64. The van der Waals surface area contributed by atoms with E-state index in [1.807, 2.05) is 6.07 Å². The lowest BCUT2D eigenvalue weighted by Gasteiger charge is -2.27. The highest BCUT2D eigenvalue weighted by molar-refractivity contribution is 8.15. The molecule has 0 saturated carbocycles. The number of nitrogens with one attached hydrogen (secondary N) is 1. The molecule has 1 unspecified atom stereocenters. The number of nitrogens with zero attached hydrogens (tertiary/aromatic N) is 4. The van der Waals surface area contributed by atoms with E-state index < -0.39 is 5.25 Å². The maximum atomic E-state index is 12.8. The van der Waals surface area contributed by atoms with E-state index in [2.05, 4.69) is 21.3 Å². The van der Waals surface area contributed by atoms with Crippen LogP contribution in [0.2, 0.25) is 0 Å². The third-order valence-corrected chi connectivity index (χ3v) is 7.18. The molecule has 8 nitrogen and oxygen atoms in total. The van der Waals surface area contributed by atoms with Crippen molar-refractivity contribution in [1.82, 2.24) is 9.80 Å². The van der Waals surface area contributed by atoms with Crippen molar-refractivity contribution in [2.45, 2.75) is 37.5 Å². The summed E-state index contributed by atoms with van der Waals surface area (Å²) in [5, 5.41) is 12.1. The molecule has 1 saturated heterocycles. The number of piperidine rings is 1. The van der Waals surface area contributed by atoms with Gasteiger partial charge >= 0.3 is 0 Å². The largest absolute Gasteiger partial charge is 0.351 e. The molecule has 0 spiro atoms. The minimum absolute atomic E-state index is 0.0511. The minimum Gasteiger partial charge on any atom is -0.351 e. The molecule has 0 aromatic heterocycles. The summed E-state index contributed by atoms with van der Waals surface area (Å²) in [5.74, 6) is -0.685. The zero-order valence-electron chi connectivity index (χ0n) is 19.6. The number of hydrogen-bond acceptors (Lipinski definition) is 6. The molecule has 0 bridgehead atoms. The Morgan fingerprint density at radius 1 is 1.17 bits per heavy atom. The molecule has 4 rings (SSSR count). The Bertz CT molecular complexity index is 1180. The molecule has 2 aromatic rings. The first-order valence-electron chi connectivity index (χ1n) is 11.6. The van der Waals surface area contributed by atoms with Crippen LogP contribution >= 0.6 is 11.8 Å². The maximum Gasteiger partial charge on any atom is 0.262 e. The first-order chi connectivity index (χ1) is 16.9. The fourth-order valence-corrected chi connectivity index (χ4v) is 5.23. The Morgan fingerprint density at radius 3 is 2.63 bits per heavy atom. The monoisotopic (exact) mass is 489 g/mol. The minimum atomic E-state index is -0.499. The predicted octanol–water partition coefficient (Wildman–Crippen LogP) is 3.64. The molecule has 35 heavy (non-hydrogen) atoms. The van der Waals surface area contributed by atoms with Crippen molar-refractivity contribution in [2.75, 3.05) is 25.5 Å². The molecule has 2 aromatic carbocycles. The lowest BCUT2D eigenvalue weighted by atomic mass is 10.1. The Kier molecular flexibility index (Phi) is 7.83. The number of nitriles is 1. The average molecular weight is 490 g/mol. The molecule has 1 fully saturated rings. The zero-order valence-corrected chi connectivity index (χ0v) is 20.4. The van der Waals surface area contributed by atoms with Crippen LogP contribution in [0.25, 0.3) is 0 Å². The van der Waals surface area contributed by atoms with Gasteiger partial charge in [-0.15, -0.1) is 0 Å². The number of carbonyl (C=O) groups is 3. The van der Waals surface area contributed by atoms with Crippen LogP contribution in [0.3, 0.4) is 0 Å². The molecule has 0 radical (unpaired) electrons. The average Bonchev–Trinajstić information content (AvgIpc) is 3.24. The lowest BCUT2D eigenvalue weighted by Crippen LogP contribution is -2.33. The standard InChI is InChI=1S/C26H27N5O3S/c1-30(17-19-7-5-6-18(14-19)16-27)25(34)20-8-10-21(11-9-20)28-23(32)15-22-24(33)29-26(35-22)31-12-3-2-4-13-31/h5-11,14,22H,2-4,12-13,15,17H2,1H3,(H,28,32). The number of carbonyl (C=O) groups excluding carboxylic acids is 3. The Balaban J connectivity index is 1.28. The second kappa shape index (κ2) is 11.2. The van der Waals surface area contributed by atoms with E-state index in [-0.39, 0.29) is 24.1 Å². The Morgan fingerprint density at radius 2 is 1.91 bits per heavy atom. The Labute approximate surface area is 209 Å². The topological polar surface area (TPSA) is 106 Å². The third-order valence-electron chi connectivity index (χ3n) is 5.96. The molecular formula is C26H27N5O3S. The highest BCUT2D eigenvalue weighted by Gasteiger charge is 2.33. The molecule has 2 aliphatic rings. The molecular weight excluding hydrogens is 462 g/mol. The zero-order chi connectivity index (χ0) is 24.8. The van der Waals surface area contributed by atoms with Gasteiger partial charge in [0.15, 0.2) is 5.17 Å².